The van der Waals surface area contributed by atoms with E-state index in [1.165, 1.54) is 22.6 Å². The maximum Gasteiger partial charge on any atom is 0.270 e. The highest BCUT2D eigenvalue weighted by Gasteiger charge is 2.21. The molecule has 1 saturated heterocycles. The van der Waals surface area contributed by atoms with E-state index < -0.39 is 5.91 Å². The molecular weight excluding hydrogens is 388 g/mol. The summed E-state index contributed by atoms with van der Waals surface area (Å²) in [5.74, 6) is 1.08. The van der Waals surface area contributed by atoms with Crippen molar-refractivity contribution in [2.75, 3.05) is 13.1 Å². The minimum atomic E-state index is -0.409. The Bertz CT molecular complexity index is 1130. The molecule has 1 aromatic carbocycles. The van der Waals surface area contributed by atoms with Crippen molar-refractivity contribution in [2.45, 2.75) is 40.3 Å². The van der Waals surface area contributed by atoms with Crippen LogP contribution in [0, 0.1) is 18.8 Å². The average molecular weight is 419 g/mol. The minimum Gasteiger partial charge on any atom is -0.348 e. The van der Waals surface area contributed by atoms with Crippen LogP contribution in [0.3, 0.4) is 0 Å². The number of aromatic nitrogens is 2. The van der Waals surface area contributed by atoms with E-state index in [-0.39, 0.29) is 11.1 Å². The van der Waals surface area contributed by atoms with Crippen molar-refractivity contribution < 1.29 is 4.79 Å². The molecule has 1 fully saturated rings. The Hall–Kier alpha value is -2.99. The molecule has 4 rings (SSSR count). The van der Waals surface area contributed by atoms with Crippen molar-refractivity contribution in [3.8, 4) is 0 Å². The highest BCUT2D eigenvalue weighted by atomic mass is 16.2. The van der Waals surface area contributed by atoms with E-state index in [4.69, 9.17) is 0 Å². The number of fused-ring (bicyclic) bond motifs is 1. The van der Waals surface area contributed by atoms with Gasteiger partial charge in [0.1, 0.15) is 11.2 Å². The van der Waals surface area contributed by atoms with E-state index in [2.05, 4.69) is 41.2 Å². The Morgan fingerprint density at radius 3 is 2.48 bits per heavy atom. The zero-order chi connectivity index (χ0) is 22.0. The molecule has 1 aliphatic heterocycles. The molecular formula is C25H30N4O2. The second kappa shape index (κ2) is 9.02. The summed E-state index contributed by atoms with van der Waals surface area (Å²) in [5.41, 5.74) is 3.52. The molecule has 0 radical (unpaired) electrons. The van der Waals surface area contributed by atoms with E-state index in [9.17, 15) is 9.59 Å². The highest BCUT2D eigenvalue weighted by Crippen LogP contribution is 2.22. The summed E-state index contributed by atoms with van der Waals surface area (Å²) >= 11 is 0. The maximum atomic E-state index is 12.6. The predicted molar refractivity (Wildman–Crippen MR) is 122 cm³/mol. The molecule has 162 valence electrons. The molecule has 1 N–H and O–H groups in total. The number of likely N-dealkylation sites (tertiary alicyclic amines) is 1. The summed E-state index contributed by atoms with van der Waals surface area (Å²) in [5, 5.41) is 2.84. The number of piperidine rings is 1. The third-order valence-corrected chi connectivity index (χ3v) is 5.94. The third-order valence-electron chi connectivity index (χ3n) is 5.94. The second-order valence-electron chi connectivity index (χ2n) is 9.05. The Balaban J connectivity index is 1.37. The Labute approximate surface area is 182 Å². The molecule has 6 nitrogen and oxygen atoms in total. The van der Waals surface area contributed by atoms with E-state index in [1.54, 1.807) is 6.20 Å². The van der Waals surface area contributed by atoms with Gasteiger partial charge in [-0.2, -0.15) is 0 Å². The van der Waals surface area contributed by atoms with Gasteiger partial charge in [0.05, 0.1) is 0 Å². The van der Waals surface area contributed by atoms with Crippen molar-refractivity contribution in [1.29, 1.82) is 0 Å². The van der Waals surface area contributed by atoms with Crippen LogP contribution in [0.2, 0.25) is 0 Å². The van der Waals surface area contributed by atoms with Crippen LogP contribution in [0.1, 0.15) is 47.3 Å². The largest absolute Gasteiger partial charge is 0.348 e. The highest BCUT2D eigenvalue weighted by molar-refractivity contribution is 5.93. The van der Waals surface area contributed by atoms with Crippen molar-refractivity contribution in [2.24, 2.45) is 11.8 Å². The van der Waals surface area contributed by atoms with Crippen LogP contribution in [0.4, 0.5) is 0 Å². The molecule has 0 saturated carbocycles. The first-order valence-electron chi connectivity index (χ1n) is 11.0. The van der Waals surface area contributed by atoms with E-state index in [0.717, 1.165) is 42.6 Å². The van der Waals surface area contributed by atoms with Gasteiger partial charge in [0.25, 0.3) is 11.5 Å². The van der Waals surface area contributed by atoms with Gasteiger partial charge in [0, 0.05) is 38.6 Å². The summed E-state index contributed by atoms with van der Waals surface area (Å²) in [4.78, 5) is 32.0. The van der Waals surface area contributed by atoms with Crippen LogP contribution in [0.15, 0.2) is 53.6 Å². The first-order valence-corrected chi connectivity index (χ1v) is 11.0. The maximum absolute atomic E-state index is 12.6. The van der Waals surface area contributed by atoms with Gasteiger partial charge in [0.15, 0.2) is 0 Å². The van der Waals surface area contributed by atoms with Gasteiger partial charge in [0.2, 0.25) is 0 Å². The Morgan fingerprint density at radius 2 is 1.77 bits per heavy atom. The molecule has 2 atom stereocenters. The fourth-order valence-corrected chi connectivity index (χ4v) is 4.55. The van der Waals surface area contributed by atoms with E-state index in [0.29, 0.717) is 12.2 Å². The second-order valence-corrected chi connectivity index (χ2v) is 9.05. The summed E-state index contributed by atoms with van der Waals surface area (Å²) in [6.07, 6.45) is 4.32. The summed E-state index contributed by atoms with van der Waals surface area (Å²) < 4.78 is 1.40. The molecule has 3 aromatic rings. The standard InChI is InChI=1S/C25H30N4O2/c1-17-8-9-29-23(11-17)26-13-22(25(29)31)24(30)27-12-20-4-6-21(7-5-20)16-28-14-18(2)10-19(3)15-28/h4-9,11,13,18-19H,10,12,14-16H2,1-3H3,(H,27,30). The number of nitrogens with zero attached hydrogens (tertiary/aromatic N) is 3. The fraction of sp³-hybridized carbons (Fsp3) is 0.400. The van der Waals surface area contributed by atoms with Gasteiger partial charge in [-0.1, -0.05) is 38.1 Å². The SMILES string of the molecule is Cc1ccn2c(=O)c(C(=O)NCc3ccc(CN4CC(C)CC(C)C4)cc3)cnc2c1. The average Bonchev–Trinajstić information content (AvgIpc) is 2.72. The third kappa shape index (κ3) is 5.02. The van der Waals surface area contributed by atoms with Crippen LogP contribution >= 0.6 is 0 Å². The number of nitrogens with one attached hydrogen (secondary N) is 1. The lowest BCUT2D eigenvalue weighted by Gasteiger charge is -2.35. The van der Waals surface area contributed by atoms with E-state index in [1.807, 2.05) is 31.2 Å². The van der Waals surface area contributed by atoms with Crippen LogP contribution < -0.4 is 10.9 Å². The number of rotatable bonds is 5. The first-order chi connectivity index (χ1) is 14.9. The van der Waals surface area contributed by atoms with Crippen molar-refractivity contribution in [1.82, 2.24) is 19.6 Å². The number of hydrogen-bond acceptors (Lipinski definition) is 4. The molecule has 31 heavy (non-hydrogen) atoms. The number of hydrogen-bond donors (Lipinski definition) is 1. The predicted octanol–water partition coefficient (Wildman–Crippen LogP) is 3.41. The Kier molecular flexibility index (Phi) is 6.18. The van der Waals surface area contributed by atoms with Gasteiger partial charge in [-0.3, -0.25) is 18.9 Å². The van der Waals surface area contributed by atoms with Crippen LogP contribution in [0.25, 0.3) is 5.65 Å². The summed E-state index contributed by atoms with van der Waals surface area (Å²) in [6.45, 7) is 10.2. The van der Waals surface area contributed by atoms with Gasteiger partial charge in [-0.25, -0.2) is 4.98 Å². The normalized spacial score (nSPS) is 19.5. The van der Waals surface area contributed by atoms with Gasteiger partial charge in [-0.15, -0.1) is 0 Å². The van der Waals surface area contributed by atoms with Gasteiger partial charge < -0.3 is 5.32 Å². The van der Waals surface area contributed by atoms with Gasteiger partial charge in [-0.05, 0) is 54.0 Å². The number of aryl methyl sites for hydroxylation is 1. The van der Waals surface area contributed by atoms with Crippen molar-refractivity contribution in [3.05, 3.63) is 81.4 Å². The lowest BCUT2D eigenvalue weighted by Crippen LogP contribution is -2.38. The fourth-order valence-electron chi connectivity index (χ4n) is 4.55. The number of carbonyl (C=O) groups excluding carboxylic acids is 1. The monoisotopic (exact) mass is 418 g/mol. The van der Waals surface area contributed by atoms with E-state index >= 15 is 0 Å². The van der Waals surface area contributed by atoms with Crippen molar-refractivity contribution >= 4 is 11.6 Å². The zero-order valence-corrected chi connectivity index (χ0v) is 18.5. The van der Waals surface area contributed by atoms with Crippen molar-refractivity contribution in [3.63, 3.8) is 0 Å². The minimum absolute atomic E-state index is 0.0475. The molecule has 3 heterocycles. The molecule has 1 amide bonds. The quantitative estimate of drug-likeness (QED) is 0.690. The first kappa shape index (κ1) is 21.2. The molecule has 2 unspecified atom stereocenters. The molecule has 6 heteroatoms. The smallest absolute Gasteiger partial charge is 0.270 e. The number of amides is 1. The molecule has 0 spiro atoms. The molecule has 0 aliphatic carbocycles. The van der Waals surface area contributed by atoms with Gasteiger partial charge >= 0.3 is 0 Å². The lowest BCUT2D eigenvalue weighted by atomic mass is 9.91. The number of pyridine rings is 1. The lowest BCUT2D eigenvalue weighted by molar-refractivity contribution is 0.0949. The number of carbonyl (C=O) groups is 1. The van der Waals surface area contributed by atoms with Crippen LogP contribution in [-0.2, 0) is 13.1 Å². The topological polar surface area (TPSA) is 66.7 Å². The Morgan fingerprint density at radius 1 is 1.10 bits per heavy atom. The van der Waals surface area contributed by atoms with Crippen LogP contribution in [-0.4, -0.2) is 33.3 Å². The molecule has 2 aromatic heterocycles. The molecule has 0 bridgehead atoms. The van der Waals surface area contributed by atoms with Crippen LogP contribution in [0.5, 0.6) is 0 Å². The number of benzene rings is 1. The molecule has 1 aliphatic rings. The zero-order valence-electron chi connectivity index (χ0n) is 18.5. The summed E-state index contributed by atoms with van der Waals surface area (Å²) in [7, 11) is 0. The summed E-state index contributed by atoms with van der Waals surface area (Å²) in [6, 6.07) is 12.0.